The minimum Gasteiger partial charge on any atom is -0.350 e. The highest BCUT2D eigenvalue weighted by atomic mass is 32.2. The summed E-state index contributed by atoms with van der Waals surface area (Å²) in [6.45, 7) is 8.64. The fraction of sp³-hybridized carbons (Fsp3) is 0.417. The van der Waals surface area contributed by atoms with Crippen LogP contribution in [-0.4, -0.2) is 49.5 Å². The van der Waals surface area contributed by atoms with Crippen molar-refractivity contribution in [3.05, 3.63) is 65.5 Å². The average Bonchev–Trinajstić information content (AvgIpc) is 2.68. The van der Waals surface area contributed by atoms with Crippen LogP contribution in [-0.2, 0) is 26.2 Å². The number of benzene rings is 2. The normalized spacial score (nSPS) is 12.7. The van der Waals surface area contributed by atoms with Gasteiger partial charge in [0.1, 0.15) is 18.4 Å². The number of carbonyl (C=O) groups excluding carboxylic acids is 2. The molecule has 0 fully saturated rings. The van der Waals surface area contributed by atoms with Crippen molar-refractivity contribution < 1.29 is 22.4 Å². The van der Waals surface area contributed by atoms with Gasteiger partial charge in [-0.3, -0.25) is 13.9 Å². The second kappa shape index (κ2) is 10.3. The summed E-state index contributed by atoms with van der Waals surface area (Å²) in [6.07, 6.45) is 0.976. The van der Waals surface area contributed by atoms with E-state index < -0.39 is 39.9 Å². The highest BCUT2D eigenvalue weighted by Gasteiger charge is 2.31. The van der Waals surface area contributed by atoms with Crippen LogP contribution in [0.2, 0.25) is 0 Å². The molecule has 1 N–H and O–H groups in total. The molecular weight excluding hydrogens is 445 g/mol. The van der Waals surface area contributed by atoms with Crippen molar-refractivity contribution in [3.63, 3.8) is 0 Å². The first-order chi connectivity index (χ1) is 15.2. The zero-order valence-corrected chi connectivity index (χ0v) is 20.7. The maximum Gasteiger partial charge on any atom is 0.244 e. The number of hydrogen-bond donors (Lipinski definition) is 1. The van der Waals surface area contributed by atoms with Crippen molar-refractivity contribution in [3.8, 4) is 0 Å². The molecular formula is C24H32FN3O4S. The molecule has 33 heavy (non-hydrogen) atoms. The molecule has 0 aliphatic rings. The Morgan fingerprint density at radius 3 is 2.21 bits per heavy atom. The third-order valence-corrected chi connectivity index (χ3v) is 6.04. The molecule has 0 aromatic heterocycles. The fourth-order valence-corrected chi connectivity index (χ4v) is 4.13. The Kier molecular flexibility index (Phi) is 8.24. The van der Waals surface area contributed by atoms with E-state index in [-0.39, 0.29) is 18.1 Å². The van der Waals surface area contributed by atoms with E-state index in [4.69, 9.17) is 0 Å². The smallest absolute Gasteiger partial charge is 0.244 e. The summed E-state index contributed by atoms with van der Waals surface area (Å²) < 4.78 is 39.2. The van der Waals surface area contributed by atoms with Crippen LogP contribution in [0, 0.1) is 12.7 Å². The van der Waals surface area contributed by atoms with Crippen molar-refractivity contribution in [2.45, 2.75) is 52.7 Å². The summed E-state index contributed by atoms with van der Waals surface area (Å²) in [7, 11) is -3.85. The lowest BCUT2D eigenvalue weighted by atomic mass is 10.1. The monoisotopic (exact) mass is 477 g/mol. The van der Waals surface area contributed by atoms with Crippen molar-refractivity contribution in [1.29, 1.82) is 0 Å². The molecule has 0 radical (unpaired) electrons. The van der Waals surface area contributed by atoms with Crippen LogP contribution in [0.15, 0.2) is 48.5 Å². The molecule has 0 aliphatic heterocycles. The molecule has 0 bridgehead atoms. The minimum absolute atomic E-state index is 0.125. The molecule has 0 saturated heterocycles. The van der Waals surface area contributed by atoms with E-state index in [1.807, 2.05) is 52.0 Å². The third kappa shape index (κ3) is 7.85. The van der Waals surface area contributed by atoms with Gasteiger partial charge in [-0.25, -0.2) is 12.8 Å². The summed E-state index contributed by atoms with van der Waals surface area (Å²) in [6, 6.07) is 11.5. The van der Waals surface area contributed by atoms with Gasteiger partial charge in [-0.2, -0.15) is 0 Å². The van der Waals surface area contributed by atoms with E-state index in [2.05, 4.69) is 5.32 Å². The molecule has 0 spiro atoms. The van der Waals surface area contributed by atoms with Crippen molar-refractivity contribution in [1.82, 2.24) is 10.2 Å². The number of sulfonamides is 1. The van der Waals surface area contributed by atoms with Crippen molar-refractivity contribution >= 4 is 27.5 Å². The van der Waals surface area contributed by atoms with Gasteiger partial charge in [0.05, 0.1) is 11.9 Å². The van der Waals surface area contributed by atoms with Gasteiger partial charge in [-0.15, -0.1) is 0 Å². The quantitative estimate of drug-likeness (QED) is 0.633. The molecule has 0 aliphatic carbocycles. The number of anilines is 1. The average molecular weight is 478 g/mol. The first-order valence-corrected chi connectivity index (χ1v) is 12.4. The number of halogens is 1. The summed E-state index contributed by atoms with van der Waals surface area (Å²) >= 11 is 0. The van der Waals surface area contributed by atoms with Crippen LogP contribution in [0.5, 0.6) is 0 Å². The van der Waals surface area contributed by atoms with Crippen LogP contribution in [0.3, 0.4) is 0 Å². The van der Waals surface area contributed by atoms with Gasteiger partial charge in [0.25, 0.3) is 0 Å². The van der Waals surface area contributed by atoms with Crippen LogP contribution in [0.25, 0.3) is 0 Å². The summed E-state index contributed by atoms with van der Waals surface area (Å²) in [5.41, 5.74) is 1.47. The number of carbonyl (C=O) groups is 2. The molecule has 7 nitrogen and oxygen atoms in total. The van der Waals surface area contributed by atoms with E-state index in [1.54, 1.807) is 6.92 Å². The SMILES string of the molecule is Cc1cccc(CN(C(=O)CN(c2ccc(F)cc2)S(C)(=O)=O)[C@H](C)C(=O)NC(C)(C)C)c1. The van der Waals surface area contributed by atoms with E-state index in [0.717, 1.165) is 33.8 Å². The van der Waals surface area contributed by atoms with Gasteiger partial charge in [0.2, 0.25) is 21.8 Å². The van der Waals surface area contributed by atoms with Crippen molar-refractivity contribution in [2.24, 2.45) is 0 Å². The summed E-state index contributed by atoms with van der Waals surface area (Å²) in [4.78, 5) is 27.6. The highest BCUT2D eigenvalue weighted by molar-refractivity contribution is 7.92. The summed E-state index contributed by atoms with van der Waals surface area (Å²) in [5.74, 6) is -1.42. The number of aryl methyl sites for hydroxylation is 1. The molecule has 180 valence electrons. The molecule has 0 heterocycles. The molecule has 9 heteroatoms. The molecule has 2 aromatic carbocycles. The summed E-state index contributed by atoms with van der Waals surface area (Å²) in [5, 5.41) is 2.87. The largest absolute Gasteiger partial charge is 0.350 e. The molecule has 0 saturated carbocycles. The Morgan fingerprint density at radius 2 is 1.70 bits per heavy atom. The molecule has 2 amide bonds. The van der Waals surface area contributed by atoms with Crippen LogP contribution in [0.4, 0.5) is 10.1 Å². The Morgan fingerprint density at radius 1 is 1.09 bits per heavy atom. The third-order valence-electron chi connectivity index (χ3n) is 4.89. The second-order valence-electron chi connectivity index (χ2n) is 9.17. The number of amides is 2. The Bertz CT molecular complexity index is 1100. The van der Waals surface area contributed by atoms with E-state index in [1.165, 1.54) is 17.0 Å². The second-order valence-corrected chi connectivity index (χ2v) is 11.1. The molecule has 0 unspecified atom stereocenters. The fourth-order valence-electron chi connectivity index (χ4n) is 3.28. The van der Waals surface area contributed by atoms with Gasteiger partial charge in [0, 0.05) is 12.1 Å². The maximum absolute atomic E-state index is 13.4. The standard InChI is InChI=1S/C24H32FN3O4S/c1-17-8-7-9-19(14-17)15-27(18(2)23(30)26-24(3,4)5)22(29)16-28(33(6,31)32)21-12-10-20(25)11-13-21/h7-14,18H,15-16H2,1-6H3,(H,26,30)/t18-/m1/s1. The first-order valence-electron chi connectivity index (χ1n) is 10.6. The van der Waals surface area contributed by atoms with Gasteiger partial charge in [-0.05, 0) is 64.4 Å². The first kappa shape index (κ1) is 26.3. The van der Waals surface area contributed by atoms with E-state index in [9.17, 15) is 22.4 Å². The Labute approximate surface area is 195 Å². The van der Waals surface area contributed by atoms with Crippen LogP contribution >= 0.6 is 0 Å². The van der Waals surface area contributed by atoms with E-state index in [0.29, 0.717) is 0 Å². The van der Waals surface area contributed by atoms with Crippen molar-refractivity contribution in [2.75, 3.05) is 17.1 Å². The van der Waals surface area contributed by atoms with Gasteiger partial charge in [0.15, 0.2) is 0 Å². The zero-order chi connectivity index (χ0) is 25.0. The lowest BCUT2D eigenvalue weighted by Gasteiger charge is -2.33. The molecule has 2 aromatic rings. The van der Waals surface area contributed by atoms with Gasteiger partial charge < -0.3 is 10.2 Å². The molecule has 2 rings (SSSR count). The lowest BCUT2D eigenvalue weighted by Crippen LogP contribution is -2.54. The number of rotatable bonds is 8. The molecule has 1 atom stereocenters. The number of hydrogen-bond acceptors (Lipinski definition) is 4. The number of nitrogens with one attached hydrogen (secondary N) is 1. The van der Waals surface area contributed by atoms with Crippen LogP contribution in [0.1, 0.15) is 38.8 Å². The predicted molar refractivity (Wildman–Crippen MR) is 128 cm³/mol. The maximum atomic E-state index is 13.4. The van der Waals surface area contributed by atoms with E-state index >= 15 is 0 Å². The topological polar surface area (TPSA) is 86.8 Å². The zero-order valence-electron chi connectivity index (χ0n) is 19.9. The Hall–Kier alpha value is -2.94. The highest BCUT2D eigenvalue weighted by Crippen LogP contribution is 2.20. The predicted octanol–water partition coefficient (Wildman–Crippen LogP) is 3.23. The Balaban J connectivity index is 2.39. The minimum atomic E-state index is -3.85. The number of nitrogens with zero attached hydrogens (tertiary/aromatic N) is 2. The van der Waals surface area contributed by atoms with Gasteiger partial charge >= 0.3 is 0 Å². The van der Waals surface area contributed by atoms with Gasteiger partial charge in [-0.1, -0.05) is 29.8 Å². The van der Waals surface area contributed by atoms with Crippen LogP contribution < -0.4 is 9.62 Å². The lowest BCUT2D eigenvalue weighted by molar-refractivity contribution is -0.140.